The Balaban J connectivity index is 1.30. The van der Waals surface area contributed by atoms with Gasteiger partial charge >= 0.3 is 0 Å². The highest BCUT2D eigenvalue weighted by molar-refractivity contribution is 7.33. The minimum atomic E-state index is -0.111. The average molecular weight is 859 g/mol. The summed E-state index contributed by atoms with van der Waals surface area (Å²) in [5, 5.41) is 3.68. The van der Waals surface area contributed by atoms with Crippen LogP contribution in [-0.4, -0.2) is 6.71 Å². The van der Waals surface area contributed by atoms with Crippen LogP contribution in [0.1, 0.15) is 136 Å². The second-order valence-electron chi connectivity index (χ2n) is 23.8. The summed E-state index contributed by atoms with van der Waals surface area (Å²) in [7, 11) is 0. The van der Waals surface area contributed by atoms with Crippen LogP contribution in [0.4, 0.5) is 34.1 Å². The molecule has 0 spiro atoms. The highest BCUT2D eigenvalue weighted by Gasteiger charge is 2.48. The largest absolute Gasteiger partial charge is 0.456 e. The van der Waals surface area contributed by atoms with E-state index in [1.807, 2.05) is 11.3 Å². The van der Waals surface area contributed by atoms with Crippen molar-refractivity contribution in [3.05, 3.63) is 137 Å². The van der Waals surface area contributed by atoms with Gasteiger partial charge in [-0.15, -0.1) is 11.3 Å². The van der Waals surface area contributed by atoms with Crippen LogP contribution in [0.5, 0.6) is 0 Å². The molecular weight excluding hydrogens is 796 g/mol. The van der Waals surface area contributed by atoms with Crippen LogP contribution in [0.15, 0.2) is 108 Å². The van der Waals surface area contributed by atoms with E-state index in [0.29, 0.717) is 0 Å². The number of rotatable bonds is 2. The van der Waals surface area contributed by atoms with E-state index < -0.39 is 0 Å². The zero-order valence-electron chi connectivity index (χ0n) is 40.5. The first-order valence-electron chi connectivity index (χ1n) is 23.6. The number of aryl methyl sites for hydroxylation is 1. The predicted octanol–water partition coefficient (Wildman–Crippen LogP) is 15.4. The lowest BCUT2D eigenvalue weighted by molar-refractivity contribution is 0.332. The molecule has 0 atom stereocenters. The predicted molar refractivity (Wildman–Crippen MR) is 279 cm³/mol. The Morgan fingerprint density at radius 1 is 0.594 bits per heavy atom. The molecule has 8 aromatic rings. The maximum absolute atomic E-state index is 6.96. The van der Waals surface area contributed by atoms with Gasteiger partial charge in [0.15, 0.2) is 0 Å². The average Bonchev–Trinajstić information content (AvgIpc) is 3.80. The standard InChI is InChI=1S/C59H63BN2OS/c1-34-29-46-51-47(30-34)62(44-25-24-40(57(8,9)10)53-50(44)38-17-15-16-18-48(38)63-53)45-33-42-41(58(11,12)27-28-59(42,13)14)32-43(45)60(51)54-52(39-31-36(56(5,6)7)21-26-49(39)64-54)61(46)37-22-19-35(20-23-37)55(2,3)4/h15-26,29-33H,27-28H2,1-14H3. The van der Waals surface area contributed by atoms with Crippen molar-refractivity contribution in [2.24, 2.45) is 0 Å². The normalized spacial score (nSPS) is 16.6. The quantitative estimate of drug-likeness (QED) is 0.162. The lowest BCUT2D eigenvalue weighted by Gasteiger charge is -2.47. The van der Waals surface area contributed by atoms with Crippen molar-refractivity contribution in [2.75, 3.05) is 9.80 Å². The molecule has 1 aliphatic carbocycles. The molecule has 6 aromatic carbocycles. The Bertz CT molecular complexity index is 3250. The molecule has 3 aliphatic rings. The van der Waals surface area contributed by atoms with E-state index in [0.717, 1.165) is 23.0 Å². The van der Waals surface area contributed by atoms with E-state index in [-0.39, 0.29) is 33.8 Å². The third-order valence-corrected chi connectivity index (χ3v) is 16.4. The number of fused-ring (bicyclic) bond motifs is 10. The molecule has 3 nitrogen and oxygen atoms in total. The summed E-state index contributed by atoms with van der Waals surface area (Å²) in [5.74, 6) is 0. The fourth-order valence-corrected chi connectivity index (χ4v) is 12.7. The summed E-state index contributed by atoms with van der Waals surface area (Å²) in [5.41, 5.74) is 20.4. The number of hydrogen-bond donors (Lipinski definition) is 0. The van der Waals surface area contributed by atoms with Gasteiger partial charge in [-0.1, -0.05) is 139 Å². The van der Waals surface area contributed by atoms with Crippen molar-refractivity contribution in [3.8, 4) is 0 Å². The van der Waals surface area contributed by atoms with Crippen molar-refractivity contribution >= 4 is 99.9 Å². The van der Waals surface area contributed by atoms with Crippen molar-refractivity contribution in [1.82, 2.24) is 0 Å². The Hall–Kier alpha value is -5.26. The molecular formula is C59H63BN2OS. The molecule has 64 heavy (non-hydrogen) atoms. The summed E-state index contributed by atoms with van der Waals surface area (Å²) in [6, 6.07) is 40.4. The maximum atomic E-state index is 6.96. The summed E-state index contributed by atoms with van der Waals surface area (Å²) >= 11 is 2.00. The molecule has 5 heteroatoms. The summed E-state index contributed by atoms with van der Waals surface area (Å²) in [4.78, 5) is 5.29. The number of benzene rings is 6. The zero-order valence-corrected chi connectivity index (χ0v) is 41.3. The first-order valence-corrected chi connectivity index (χ1v) is 24.4. The van der Waals surface area contributed by atoms with Crippen molar-refractivity contribution in [2.45, 2.75) is 137 Å². The van der Waals surface area contributed by atoms with Gasteiger partial charge in [-0.2, -0.15) is 0 Å². The number of thiophene rings is 1. The summed E-state index contributed by atoms with van der Waals surface area (Å²) in [6.45, 7) is 33.1. The second-order valence-corrected chi connectivity index (χ2v) is 24.9. The number of hydrogen-bond acceptors (Lipinski definition) is 4. The van der Waals surface area contributed by atoms with Gasteiger partial charge in [0.05, 0.1) is 16.8 Å². The van der Waals surface area contributed by atoms with Gasteiger partial charge in [0.25, 0.3) is 6.71 Å². The Morgan fingerprint density at radius 3 is 1.88 bits per heavy atom. The molecule has 0 bridgehead atoms. The molecule has 2 aromatic heterocycles. The molecule has 0 saturated carbocycles. The topological polar surface area (TPSA) is 19.6 Å². The molecule has 4 heterocycles. The van der Waals surface area contributed by atoms with Crippen LogP contribution in [0, 0.1) is 6.92 Å². The lowest BCUT2D eigenvalue weighted by atomic mass is 9.35. The van der Waals surface area contributed by atoms with E-state index in [1.165, 1.54) is 105 Å². The van der Waals surface area contributed by atoms with Crippen LogP contribution in [0.2, 0.25) is 0 Å². The van der Waals surface area contributed by atoms with E-state index in [2.05, 4.69) is 210 Å². The fraction of sp³-hybridized carbons (Fsp3) is 0.356. The minimum Gasteiger partial charge on any atom is -0.456 e. The number of nitrogens with zero attached hydrogens (tertiary/aromatic N) is 2. The zero-order chi connectivity index (χ0) is 45.2. The molecule has 0 unspecified atom stereocenters. The monoisotopic (exact) mass is 858 g/mol. The van der Waals surface area contributed by atoms with Gasteiger partial charge in [-0.05, 0) is 140 Å². The van der Waals surface area contributed by atoms with Crippen molar-refractivity contribution < 1.29 is 4.42 Å². The maximum Gasteiger partial charge on any atom is 0.264 e. The van der Waals surface area contributed by atoms with Crippen LogP contribution in [-0.2, 0) is 27.1 Å². The van der Waals surface area contributed by atoms with Gasteiger partial charge in [-0.25, -0.2) is 0 Å². The number of anilines is 6. The van der Waals surface area contributed by atoms with Crippen LogP contribution in [0.25, 0.3) is 32.0 Å². The molecule has 2 aliphatic heterocycles. The Labute approximate surface area is 385 Å². The van der Waals surface area contributed by atoms with Gasteiger partial charge in [-0.3, -0.25) is 0 Å². The Kier molecular flexibility index (Phi) is 8.69. The fourth-order valence-electron chi connectivity index (χ4n) is 11.4. The Morgan fingerprint density at radius 2 is 1.22 bits per heavy atom. The molecule has 0 saturated heterocycles. The van der Waals surface area contributed by atoms with E-state index in [4.69, 9.17) is 4.42 Å². The molecule has 0 radical (unpaired) electrons. The third-order valence-electron chi connectivity index (χ3n) is 15.2. The van der Waals surface area contributed by atoms with Gasteiger partial charge < -0.3 is 14.2 Å². The highest BCUT2D eigenvalue weighted by atomic mass is 32.1. The minimum absolute atomic E-state index is 0.0129. The summed E-state index contributed by atoms with van der Waals surface area (Å²) < 4.78 is 9.72. The van der Waals surface area contributed by atoms with Gasteiger partial charge in [0, 0.05) is 48.6 Å². The summed E-state index contributed by atoms with van der Waals surface area (Å²) in [6.07, 6.45) is 2.32. The van der Waals surface area contributed by atoms with Gasteiger partial charge in [0.2, 0.25) is 0 Å². The second kappa shape index (κ2) is 13.4. The van der Waals surface area contributed by atoms with Gasteiger partial charge in [0.1, 0.15) is 11.2 Å². The smallest absolute Gasteiger partial charge is 0.264 e. The molecule has 11 rings (SSSR count). The van der Waals surface area contributed by atoms with E-state index in [9.17, 15) is 0 Å². The van der Waals surface area contributed by atoms with E-state index >= 15 is 0 Å². The van der Waals surface area contributed by atoms with Crippen LogP contribution >= 0.6 is 11.3 Å². The van der Waals surface area contributed by atoms with Crippen molar-refractivity contribution in [1.29, 1.82) is 0 Å². The lowest BCUT2D eigenvalue weighted by Crippen LogP contribution is -2.61. The SMILES string of the molecule is Cc1cc2c3c(c1)N(c1ccc(C(C)(C)C)c4oc5ccccc5c14)c1cc4c(cc1B3c1sc3ccc(C(C)(C)C)cc3c1N2c1ccc(C(C)(C)C)cc1)C(C)(C)CCC4(C)C. The number of furan rings is 1. The first-order chi connectivity index (χ1) is 30.0. The number of para-hydroxylation sites is 1. The molecule has 324 valence electrons. The highest BCUT2D eigenvalue weighted by Crippen LogP contribution is 2.54. The molecule has 0 fully saturated rings. The van der Waals surface area contributed by atoms with Crippen molar-refractivity contribution in [3.63, 3.8) is 0 Å². The molecule has 0 amide bonds. The van der Waals surface area contributed by atoms with Crippen LogP contribution < -0.4 is 25.5 Å². The first kappa shape index (κ1) is 41.4. The molecule has 0 N–H and O–H groups in total. The van der Waals surface area contributed by atoms with E-state index in [1.54, 1.807) is 0 Å². The third kappa shape index (κ3) is 6.05. The van der Waals surface area contributed by atoms with Crippen LogP contribution in [0.3, 0.4) is 0 Å².